The Labute approximate surface area is 149 Å². The highest BCUT2D eigenvalue weighted by molar-refractivity contribution is 5.95. The average molecular weight is 331 g/mol. The van der Waals surface area contributed by atoms with E-state index in [1.807, 2.05) is 24.3 Å². The Kier molecular flexibility index (Phi) is 5.53. The van der Waals surface area contributed by atoms with Gasteiger partial charge in [0.05, 0.1) is 18.2 Å². The second-order valence-electron chi connectivity index (χ2n) is 5.66. The second kappa shape index (κ2) is 8.20. The zero-order valence-electron chi connectivity index (χ0n) is 14.6. The Balaban J connectivity index is 2.23. The van der Waals surface area contributed by atoms with Crippen LogP contribution in [-0.4, -0.2) is 18.5 Å². The molecule has 0 saturated heterocycles. The highest BCUT2D eigenvalue weighted by Gasteiger charge is 2.19. The molecule has 3 aromatic carbocycles. The van der Waals surface area contributed by atoms with Gasteiger partial charge < -0.3 is 9.47 Å². The van der Waals surface area contributed by atoms with Crippen LogP contribution in [0, 0.1) is 0 Å². The predicted octanol–water partition coefficient (Wildman–Crippen LogP) is 5.16. The van der Waals surface area contributed by atoms with Crippen molar-refractivity contribution in [3.63, 3.8) is 0 Å². The highest BCUT2D eigenvalue weighted by Crippen LogP contribution is 2.32. The molecule has 0 aliphatic heterocycles. The Hall–Kier alpha value is -3.00. The summed E-state index contributed by atoms with van der Waals surface area (Å²) in [6.45, 7) is 2.79. The molecule has 0 saturated carbocycles. The lowest BCUT2D eigenvalue weighted by atomic mass is 9.94. The molecule has 126 valence electrons. The summed E-state index contributed by atoms with van der Waals surface area (Å²) in [6.07, 6.45) is 0. The van der Waals surface area contributed by atoms with Crippen molar-refractivity contribution >= 4 is 11.3 Å². The van der Waals surface area contributed by atoms with E-state index in [4.69, 9.17) is 9.47 Å². The lowest BCUT2D eigenvalue weighted by Crippen LogP contribution is -2.03. The molecule has 0 bridgehead atoms. The first-order valence-electron chi connectivity index (χ1n) is 8.50. The van der Waals surface area contributed by atoms with Gasteiger partial charge in [0.2, 0.25) is 0 Å². The van der Waals surface area contributed by atoms with Gasteiger partial charge in [-0.2, -0.15) is 0 Å². The van der Waals surface area contributed by atoms with Gasteiger partial charge in [0.1, 0.15) is 5.75 Å². The molecule has 0 aliphatic rings. The molecule has 0 spiro atoms. The van der Waals surface area contributed by atoms with Gasteiger partial charge in [-0.25, -0.2) is 0 Å². The molecule has 0 radical (unpaired) electrons. The number of ether oxygens (including phenoxy) is 2. The fourth-order valence-corrected chi connectivity index (χ4v) is 2.87. The summed E-state index contributed by atoms with van der Waals surface area (Å²) >= 11 is 0. The molecule has 2 nitrogen and oxygen atoms in total. The van der Waals surface area contributed by atoms with Crippen LogP contribution in [-0.2, 0) is 0 Å². The average Bonchev–Trinajstić information content (AvgIpc) is 2.69. The van der Waals surface area contributed by atoms with E-state index >= 15 is 0 Å². The summed E-state index contributed by atoms with van der Waals surface area (Å²) in [5.74, 6) is 1.85. The van der Waals surface area contributed by atoms with Gasteiger partial charge in [0.15, 0.2) is 6.61 Å². The fourth-order valence-electron chi connectivity index (χ4n) is 2.87. The van der Waals surface area contributed by atoms with E-state index in [2.05, 4.69) is 67.6 Å². The van der Waals surface area contributed by atoms with E-state index in [1.165, 1.54) is 0 Å². The van der Waals surface area contributed by atoms with Crippen molar-refractivity contribution in [2.75, 3.05) is 13.7 Å². The lowest BCUT2D eigenvalue weighted by molar-refractivity contribution is 0.107. The molecular weight excluding hydrogens is 308 g/mol. The quantitative estimate of drug-likeness (QED) is 0.347. The maximum Gasteiger partial charge on any atom is 0.270 e. The number of methoxy groups -OCH3 is 1. The molecule has 1 N–H and O–H groups in total. The van der Waals surface area contributed by atoms with Crippen LogP contribution in [0.4, 0.5) is 0 Å². The van der Waals surface area contributed by atoms with Gasteiger partial charge in [-0.05, 0) is 35.4 Å². The number of benzene rings is 3. The van der Waals surface area contributed by atoms with Crippen LogP contribution in [0.5, 0.6) is 5.75 Å². The van der Waals surface area contributed by atoms with Crippen LogP contribution in [0.3, 0.4) is 0 Å². The van der Waals surface area contributed by atoms with Gasteiger partial charge in [-0.15, -0.1) is 0 Å². The van der Waals surface area contributed by atoms with Crippen molar-refractivity contribution in [2.24, 2.45) is 0 Å². The SMILES string of the molecule is CC[OH+]C(=C(c1ccccc1)c1ccccc1)c1ccc(OC)cc1. The van der Waals surface area contributed by atoms with E-state index in [0.29, 0.717) is 0 Å². The highest BCUT2D eigenvalue weighted by atomic mass is 16.5. The normalized spacial score (nSPS) is 10.2. The maximum atomic E-state index is 5.29. The number of rotatable bonds is 6. The molecular formula is C23H23O2+. The molecule has 2 heteroatoms. The van der Waals surface area contributed by atoms with Crippen molar-refractivity contribution in [1.82, 2.24) is 0 Å². The van der Waals surface area contributed by atoms with E-state index in [9.17, 15) is 0 Å². The molecule has 0 fully saturated rings. The van der Waals surface area contributed by atoms with Crippen molar-refractivity contribution < 1.29 is 9.47 Å². The zero-order chi connectivity index (χ0) is 17.5. The molecule has 0 aromatic heterocycles. The van der Waals surface area contributed by atoms with E-state index in [1.54, 1.807) is 7.11 Å². The van der Waals surface area contributed by atoms with Gasteiger partial charge >= 0.3 is 0 Å². The smallest absolute Gasteiger partial charge is 0.270 e. The minimum atomic E-state index is 0.727. The Bertz CT molecular complexity index is 777. The first-order valence-corrected chi connectivity index (χ1v) is 8.50. The molecule has 3 rings (SSSR count). The molecule has 0 atom stereocenters. The summed E-state index contributed by atoms with van der Waals surface area (Å²) in [5, 5.41) is 0. The monoisotopic (exact) mass is 331 g/mol. The first-order chi connectivity index (χ1) is 12.3. The Morgan fingerprint density at radius 2 is 1.24 bits per heavy atom. The first kappa shape index (κ1) is 16.8. The second-order valence-corrected chi connectivity index (χ2v) is 5.66. The minimum absolute atomic E-state index is 0.727. The van der Waals surface area contributed by atoms with Crippen molar-refractivity contribution in [1.29, 1.82) is 0 Å². The predicted molar refractivity (Wildman–Crippen MR) is 105 cm³/mol. The number of aliphatic hydroxyl groups is 2. The third kappa shape index (κ3) is 3.92. The molecule has 0 amide bonds. The minimum Gasteiger partial charge on any atom is -0.582 e. The fraction of sp³-hybridized carbons (Fsp3) is 0.130. The van der Waals surface area contributed by atoms with Gasteiger partial charge in [0.25, 0.3) is 5.76 Å². The van der Waals surface area contributed by atoms with E-state index < -0.39 is 0 Å². The summed E-state index contributed by atoms with van der Waals surface area (Å²) in [7, 11) is 1.68. The van der Waals surface area contributed by atoms with Crippen molar-refractivity contribution in [3.8, 4) is 5.75 Å². The van der Waals surface area contributed by atoms with Crippen molar-refractivity contribution in [2.45, 2.75) is 6.92 Å². The van der Waals surface area contributed by atoms with Gasteiger partial charge in [-0.3, -0.25) is 0 Å². The topological polar surface area (TPSA) is 22.0 Å². The zero-order valence-corrected chi connectivity index (χ0v) is 14.6. The molecule has 0 unspecified atom stereocenters. The van der Waals surface area contributed by atoms with Gasteiger partial charge in [-0.1, -0.05) is 60.7 Å². The summed E-state index contributed by atoms with van der Waals surface area (Å²) in [6, 6.07) is 29.0. The third-order valence-corrected chi connectivity index (χ3v) is 4.04. The van der Waals surface area contributed by atoms with Crippen LogP contribution in [0.25, 0.3) is 11.3 Å². The number of hydrogen-bond donors (Lipinski definition) is 0. The van der Waals surface area contributed by atoms with Crippen LogP contribution >= 0.6 is 0 Å². The summed E-state index contributed by atoms with van der Waals surface area (Å²) in [5.41, 5.74) is 4.56. The summed E-state index contributed by atoms with van der Waals surface area (Å²) < 4.78 is 10.1. The van der Waals surface area contributed by atoms with E-state index in [-0.39, 0.29) is 0 Å². The molecule has 3 aromatic rings. The Morgan fingerprint density at radius 1 is 0.720 bits per heavy atom. The third-order valence-electron chi connectivity index (χ3n) is 4.04. The molecule has 0 heterocycles. The maximum absolute atomic E-state index is 5.29. The Morgan fingerprint density at radius 3 is 1.68 bits per heavy atom. The lowest BCUT2D eigenvalue weighted by Gasteiger charge is -2.14. The summed E-state index contributed by atoms with van der Waals surface area (Å²) in [4.78, 5) is 0. The van der Waals surface area contributed by atoms with Crippen LogP contribution in [0.15, 0.2) is 84.9 Å². The van der Waals surface area contributed by atoms with Crippen molar-refractivity contribution in [3.05, 3.63) is 102 Å². The van der Waals surface area contributed by atoms with Crippen LogP contribution in [0.1, 0.15) is 23.6 Å². The number of hydrogen-bond acceptors (Lipinski definition) is 1. The van der Waals surface area contributed by atoms with Crippen LogP contribution < -0.4 is 4.74 Å². The van der Waals surface area contributed by atoms with Gasteiger partial charge in [0, 0.05) is 6.92 Å². The largest absolute Gasteiger partial charge is 0.582 e. The standard InChI is InChI=1S/C23H22O2/c1-3-25-23(20-14-16-21(24-2)17-15-20)22(18-10-6-4-7-11-18)19-12-8-5-9-13-19/h4-17H,3H2,1-2H3/p+1. The molecule has 25 heavy (non-hydrogen) atoms. The van der Waals surface area contributed by atoms with Crippen LogP contribution in [0.2, 0.25) is 0 Å². The van der Waals surface area contributed by atoms with E-state index in [0.717, 1.165) is 40.4 Å². The molecule has 0 aliphatic carbocycles.